The molecule has 1 fully saturated rings. The zero-order valence-electron chi connectivity index (χ0n) is 15.7. The Morgan fingerprint density at radius 1 is 1.21 bits per heavy atom. The molecule has 2 heterocycles. The molecule has 1 aromatic heterocycles. The topological polar surface area (TPSA) is 81.0 Å². The van der Waals surface area contributed by atoms with Gasteiger partial charge in [-0.3, -0.25) is 14.5 Å². The third kappa shape index (κ3) is 5.50. The fourth-order valence-electron chi connectivity index (χ4n) is 3.07. The number of likely N-dealkylation sites (tertiary alicyclic amines) is 1. The quantitative estimate of drug-likeness (QED) is 0.759. The fourth-order valence-corrected chi connectivity index (χ4v) is 3.24. The number of benzene rings is 1. The molecule has 0 aliphatic carbocycles. The number of rotatable bonds is 7. The number of anilines is 1. The summed E-state index contributed by atoms with van der Waals surface area (Å²) in [7, 11) is 1.49. The summed E-state index contributed by atoms with van der Waals surface area (Å²) < 4.78 is 16.0. The lowest BCUT2D eigenvalue weighted by Gasteiger charge is -2.25. The first-order valence-electron chi connectivity index (χ1n) is 9.15. The number of halogens is 1. The predicted molar refractivity (Wildman–Crippen MR) is 106 cm³/mol. The van der Waals surface area contributed by atoms with Crippen molar-refractivity contribution in [3.05, 3.63) is 51.5 Å². The first-order chi connectivity index (χ1) is 13.5. The Labute approximate surface area is 168 Å². The van der Waals surface area contributed by atoms with Gasteiger partial charge >= 0.3 is 0 Å². The van der Waals surface area contributed by atoms with Gasteiger partial charge in [0.2, 0.25) is 11.2 Å². The van der Waals surface area contributed by atoms with E-state index in [0.717, 1.165) is 25.9 Å². The molecule has 7 nitrogen and oxygen atoms in total. The number of carbonyl (C=O) groups excluding carboxylic acids is 1. The molecule has 0 atom stereocenters. The zero-order chi connectivity index (χ0) is 19.9. The van der Waals surface area contributed by atoms with E-state index in [0.29, 0.717) is 28.8 Å². The van der Waals surface area contributed by atoms with Crippen LogP contribution in [0.25, 0.3) is 0 Å². The van der Waals surface area contributed by atoms with Gasteiger partial charge in [-0.1, -0.05) is 18.0 Å². The van der Waals surface area contributed by atoms with Gasteiger partial charge in [0.15, 0.2) is 6.61 Å². The molecule has 0 saturated carbocycles. The van der Waals surface area contributed by atoms with Crippen molar-refractivity contribution < 1.29 is 18.7 Å². The Balaban J connectivity index is 1.56. The second-order valence-corrected chi connectivity index (χ2v) is 7.03. The highest BCUT2D eigenvalue weighted by Gasteiger charge is 2.14. The molecule has 0 spiro atoms. The molecule has 3 rings (SSSR count). The van der Waals surface area contributed by atoms with E-state index in [9.17, 15) is 9.59 Å². The molecular formula is C20H23ClN2O5. The van der Waals surface area contributed by atoms with Crippen molar-refractivity contribution in [2.75, 3.05) is 32.1 Å². The number of carbonyl (C=O) groups is 1. The van der Waals surface area contributed by atoms with Crippen LogP contribution in [0.1, 0.15) is 25.0 Å². The maximum atomic E-state index is 12.2. The van der Waals surface area contributed by atoms with E-state index in [1.165, 1.54) is 25.9 Å². The summed E-state index contributed by atoms with van der Waals surface area (Å²) in [5, 5.41) is 3.10. The van der Waals surface area contributed by atoms with Crippen molar-refractivity contribution in [1.29, 1.82) is 0 Å². The van der Waals surface area contributed by atoms with Crippen LogP contribution in [0.3, 0.4) is 0 Å². The number of methoxy groups -OCH3 is 1. The van der Waals surface area contributed by atoms with Crippen molar-refractivity contribution in [3.63, 3.8) is 0 Å². The van der Waals surface area contributed by atoms with E-state index >= 15 is 0 Å². The molecular weight excluding hydrogens is 384 g/mol. The molecule has 1 aliphatic heterocycles. The molecule has 2 aromatic rings. The number of amides is 1. The average molecular weight is 407 g/mol. The molecule has 1 saturated heterocycles. The molecule has 0 bridgehead atoms. The van der Waals surface area contributed by atoms with Gasteiger partial charge in [-0.15, -0.1) is 0 Å². The summed E-state index contributed by atoms with van der Waals surface area (Å²) >= 11 is 5.94. The molecule has 1 aromatic carbocycles. The Hall–Kier alpha value is -2.51. The van der Waals surface area contributed by atoms with E-state index < -0.39 is 5.91 Å². The zero-order valence-corrected chi connectivity index (χ0v) is 16.5. The largest absolute Gasteiger partial charge is 0.495 e. The van der Waals surface area contributed by atoms with Crippen LogP contribution >= 0.6 is 11.6 Å². The third-order valence-corrected chi connectivity index (χ3v) is 4.71. The predicted octanol–water partition coefficient (Wildman–Crippen LogP) is 3.31. The van der Waals surface area contributed by atoms with Crippen LogP contribution < -0.4 is 20.2 Å². The summed E-state index contributed by atoms with van der Waals surface area (Å²) in [4.78, 5) is 26.6. The maximum Gasteiger partial charge on any atom is 0.262 e. The highest BCUT2D eigenvalue weighted by Crippen LogP contribution is 2.27. The summed E-state index contributed by atoms with van der Waals surface area (Å²) in [6.45, 7) is 2.28. The van der Waals surface area contributed by atoms with Gasteiger partial charge in [0.25, 0.3) is 5.91 Å². The number of nitrogens with one attached hydrogen (secondary N) is 1. The van der Waals surface area contributed by atoms with Crippen LogP contribution in [-0.2, 0) is 11.3 Å². The summed E-state index contributed by atoms with van der Waals surface area (Å²) in [5.74, 6) is 0.611. The van der Waals surface area contributed by atoms with E-state index in [1.54, 1.807) is 18.2 Å². The summed E-state index contributed by atoms with van der Waals surface area (Å²) in [5.41, 5.74) is 0.110. The SMILES string of the molecule is COc1ccc(Cl)cc1NC(=O)COc1coc(CN2CCCCC2)cc1=O. The molecule has 0 radical (unpaired) electrons. The van der Waals surface area contributed by atoms with E-state index in [-0.39, 0.29) is 17.8 Å². The van der Waals surface area contributed by atoms with Gasteiger partial charge in [0.05, 0.1) is 19.3 Å². The van der Waals surface area contributed by atoms with Crippen LogP contribution in [0.5, 0.6) is 11.5 Å². The van der Waals surface area contributed by atoms with Crippen LogP contribution in [0.2, 0.25) is 5.02 Å². The minimum absolute atomic E-state index is 0.00407. The van der Waals surface area contributed by atoms with Crippen molar-refractivity contribution in [2.24, 2.45) is 0 Å². The molecule has 28 heavy (non-hydrogen) atoms. The summed E-state index contributed by atoms with van der Waals surface area (Å²) in [6.07, 6.45) is 4.83. The maximum absolute atomic E-state index is 12.2. The van der Waals surface area contributed by atoms with Gasteiger partial charge < -0.3 is 19.2 Å². The minimum Gasteiger partial charge on any atom is -0.495 e. The van der Waals surface area contributed by atoms with Gasteiger partial charge in [0, 0.05) is 11.1 Å². The van der Waals surface area contributed by atoms with Crippen molar-refractivity contribution in [3.8, 4) is 11.5 Å². The van der Waals surface area contributed by atoms with Crippen molar-refractivity contribution in [1.82, 2.24) is 4.90 Å². The molecule has 150 valence electrons. The lowest BCUT2D eigenvalue weighted by molar-refractivity contribution is -0.118. The Kier molecular flexibility index (Phi) is 6.95. The lowest BCUT2D eigenvalue weighted by Crippen LogP contribution is -2.29. The van der Waals surface area contributed by atoms with Crippen molar-refractivity contribution in [2.45, 2.75) is 25.8 Å². The van der Waals surface area contributed by atoms with Crippen LogP contribution in [0.4, 0.5) is 5.69 Å². The Morgan fingerprint density at radius 2 is 2.00 bits per heavy atom. The highest BCUT2D eigenvalue weighted by atomic mass is 35.5. The van der Waals surface area contributed by atoms with Gasteiger partial charge in [-0.25, -0.2) is 0 Å². The van der Waals surface area contributed by atoms with Gasteiger partial charge in [-0.2, -0.15) is 0 Å². The highest BCUT2D eigenvalue weighted by molar-refractivity contribution is 6.31. The monoisotopic (exact) mass is 406 g/mol. The average Bonchev–Trinajstić information content (AvgIpc) is 2.68. The van der Waals surface area contributed by atoms with E-state index in [2.05, 4.69) is 10.2 Å². The fraction of sp³-hybridized carbons (Fsp3) is 0.400. The molecule has 1 aliphatic rings. The minimum atomic E-state index is -0.447. The molecule has 8 heteroatoms. The number of hydrogen-bond acceptors (Lipinski definition) is 6. The van der Waals surface area contributed by atoms with Gasteiger partial charge in [-0.05, 0) is 44.1 Å². The Morgan fingerprint density at radius 3 is 2.71 bits per heavy atom. The standard InChI is InChI=1S/C20H23ClN2O5/c1-26-18-6-5-14(21)9-16(18)22-20(25)13-28-19-12-27-15(10-17(19)24)11-23-7-3-2-4-8-23/h5-6,9-10,12H,2-4,7-8,11,13H2,1H3,(H,22,25). The van der Waals surface area contributed by atoms with E-state index in [1.807, 2.05) is 0 Å². The smallest absolute Gasteiger partial charge is 0.262 e. The Bertz CT molecular complexity index is 877. The number of piperidine rings is 1. The van der Waals surface area contributed by atoms with Crippen LogP contribution in [0, 0.1) is 0 Å². The van der Waals surface area contributed by atoms with E-state index in [4.69, 9.17) is 25.5 Å². The van der Waals surface area contributed by atoms with Crippen molar-refractivity contribution >= 4 is 23.2 Å². The van der Waals surface area contributed by atoms with Crippen LogP contribution in [0.15, 0.2) is 39.7 Å². The first kappa shape index (κ1) is 20.2. The normalized spacial score (nSPS) is 14.5. The number of ether oxygens (including phenoxy) is 2. The van der Waals surface area contributed by atoms with Crippen LogP contribution in [-0.4, -0.2) is 37.6 Å². The lowest BCUT2D eigenvalue weighted by atomic mass is 10.1. The third-order valence-electron chi connectivity index (χ3n) is 4.47. The second kappa shape index (κ2) is 9.61. The number of hydrogen-bond donors (Lipinski definition) is 1. The number of nitrogens with zero attached hydrogens (tertiary/aromatic N) is 1. The molecule has 0 unspecified atom stereocenters. The first-order valence-corrected chi connectivity index (χ1v) is 9.53. The molecule has 1 N–H and O–H groups in total. The van der Waals surface area contributed by atoms with Gasteiger partial charge in [0.1, 0.15) is 17.8 Å². The molecule has 1 amide bonds. The summed E-state index contributed by atoms with van der Waals surface area (Å²) in [6, 6.07) is 6.29. The second-order valence-electron chi connectivity index (χ2n) is 6.59.